The summed E-state index contributed by atoms with van der Waals surface area (Å²) >= 11 is 0. The van der Waals surface area contributed by atoms with Crippen molar-refractivity contribution in [3.8, 4) is 0 Å². The van der Waals surface area contributed by atoms with Crippen molar-refractivity contribution in [2.24, 2.45) is 5.41 Å². The topological polar surface area (TPSA) is 71.4 Å². The van der Waals surface area contributed by atoms with Gasteiger partial charge in [0.25, 0.3) is 0 Å². The smallest absolute Gasteiger partial charge is 0.324 e. The van der Waals surface area contributed by atoms with Crippen LogP contribution in [-0.4, -0.2) is 22.6 Å². The Bertz CT molecular complexity index is 193. The number of carbonyl (C=O) groups is 3. The summed E-state index contributed by atoms with van der Waals surface area (Å²) in [6, 6.07) is 0. The Hall–Kier alpha value is -1.19. The zero-order chi connectivity index (χ0) is 9.94. The highest BCUT2D eigenvalue weighted by Crippen LogP contribution is 2.24. The molecule has 0 saturated carbocycles. The van der Waals surface area contributed by atoms with Gasteiger partial charge in [-0.3, -0.25) is 14.4 Å². The number of carboxylic acid groups (broad SMARTS) is 1. The number of hydrogen-bond acceptors (Lipinski definition) is 3. The van der Waals surface area contributed by atoms with Crippen LogP contribution in [0.3, 0.4) is 0 Å². The van der Waals surface area contributed by atoms with E-state index in [2.05, 4.69) is 0 Å². The zero-order valence-electron chi connectivity index (χ0n) is 7.38. The molecular weight excluding hydrogens is 160 g/mol. The molecule has 0 saturated heterocycles. The summed E-state index contributed by atoms with van der Waals surface area (Å²) in [5, 5.41) is 8.72. The lowest BCUT2D eigenvalue weighted by molar-refractivity contribution is -0.158. The average molecular weight is 172 g/mol. The van der Waals surface area contributed by atoms with Crippen LogP contribution in [0, 0.1) is 5.41 Å². The minimum absolute atomic E-state index is 0.00694. The van der Waals surface area contributed by atoms with Crippen molar-refractivity contribution in [3.63, 3.8) is 0 Å². The maximum absolute atomic E-state index is 11.0. The summed E-state index contributed by atoms with van der Waals surface area (Å²) < 4.78 is 0. The lowest BCUT2D eigenvalue weighted by Gasteiger charge is -2.20. The average Bonchev–Trinajstić information content (AvgIpc) is 1.86. The van der Waals surface area contributed by atoms with Crippen LogP contribution >= 0.6 is 0 Å². The highest BCUT2D eigenvalue weighted by Gasteiger charge is 2.46. The molecule has 0 aromatic heterocycles. The first-order chi connectivity index (χ1) is 5.39. The van der Waals surface area contributed by atoms with Gasteiger partial charge in [-0.15, -0.1) is 0 Å². The zero-order valence-corrected chi connectivity index (χ0v) is 7.38. The first-order valence-corrected chi connectivity index (χ1v) is 3.65. The molecule has 0 radical (unpaired) electrons. The fourth-order valence-electron chi connectivity index (χ4n) is 1.20. The molecular formula is C8H12O4. The van der Waals surface area contributed by atoms with E-state index in [1.54, 1.807) is 0 Å². The van der Waals surface area contributed by atoms with E-state index in [1.807, 2.05) is 0 Å². The Balaban J connectivity index is 5.19. The quantitative estimate of drug-likeness (QED) is 0.632. The van der Waals surface area contributed by atoms with Gasteiger partial charge in [-0.05, 0) is 20.3 Å². The number of rotatable bonds is 4. The molecule has 0 aliphatic rings. The van der Waals surface area contributed by atoms with Gasteiger partial charge >= 0.3 is 5.97 Å². The van der Waals surface area contributed by atoms with Crippen molar-refractivity contribution < 1.29 is 19.5 Å². The van der Waals surface area contributed by atoms with E-state index in [-0.39, 0.29) is 6.42 Å². The van der Waals surface area contributed by atoms with Crippen LogP contribution in [0.2, 0.25) is 0 Å². The number of hydrogen-bond donors (Lipinski definition) is 1. The van der Waals surface area contributed by atoms with Crippen LogP contribution < -0.4 is 0 Å². The third kappa shape index (κ3) is 1.37. The van der Waals surface area contributed by atoms with Crippen molar-refractivity contribution in [1.82, 2.24) is 0 Å². The molecule has 0 aromatic rings. The normalized spacial score (nSPS) is 10.9. The minimum atomic E-state index is -1.82. The molecule has 1 N–H and O–H groups in total. The number of carbonyl (C=O) groups excluding carboxylic acids is 2. The maximum atomic E-state index is 11.0. The van der Waals surface area contributed by atoms with Crippen molar-refractivity contribution in [2.75, 3.05) is 0 Å². The number of carboxylic acids is 1. The van der Waals surface area contributed by atoms with Crippen LogP contribution in [0.1, 0.15) is 27.2 Å². The van der Waals surface area contributed by atoms with E-state index < -0.39 is 23.0 Å². The van der Waals surface area contributed by atoms with Crippen molar-refractivity contribution in [2.45, 2.75) is 27.2 Å². The van der Waals surface area contributed by atoms with E-state index in [0.29, 0.717) is 0 Å². The van der Waals surface area contributed by atoms with Crippen LogP contribution in [0.4, 0.5) is 0 Å². The third-order valence-electron chi connectivity index (χ3n) is 2.10. The molecule has 0 atom stereocenters. The van der Waals surface area contributed by atoms with Crippen LogP contribution in [0.5, 0.6) is 0 Å². The Morgan fingerprint density at radius 2 is 1.50 bits per heavy atom. The summed E-state index contributed by atoms with van der Waals surface area (Å²) in [6.45, 7) is 3.76. The van der Waals surface area contributed by atoms with Crippen molar-refractivity contribution >= 4 is 17.5 Å². The van der Waals surface area contributed by atoms with Crippen LogP contribution in [-0.2, 0) is 14.4 Å². The molecule has 0 bridgehead atoms. The highest BCUT2D eigenvalue weighted by molar-refractivity contribution is 6.20. The van der Waals surface area contributed by atoms with Gasteiger partial charge in [-0.2, -0.15) is 0 Å². The molecule has 0 spiro atoms. The largest absolute Gasteiger partial charge is 0.480 e. The first kappa shape index (κ1) is 10.8. The SMILES string of the molecule is CCC(C(C)=O)(C(C)=O)C(=O)O. The molecule has 0 aromatic carbocycles. The first-order valence-electron chi connectivity index (χ1n) is 3.65. The molecule has 68 valence electrons. The van der Waals surface area contributed by atoms with Crippen LogP contribution in [0.25, 0.3) is 0 Å². The Labute approximate surface area is 70.6 Å². The summed E-state index contributed by atoms with van der Waals surface area (Å²) in [6.07, 6.45) is 0.00694. The molecule has 4 heteroatoms. The second-order valence-electron chi connectivity index (χ2n) is 2.68. The fraction of sp³-hybridized carbons (Fsp3) is 0.625. The predicted octanol–water partition coefficient (Wildman–Crippen LogP) is 0.645. The Morgan fingerprint density at radius 1 is 1.17 bits per heavy atom. The number of aliphatic carboxylic acids is 1. The van der Waals surface area contributed by atoms with Gasteiger partial charge in [0.05, 0.1) is 0 Å². The van der Waals surface area contributed by atoms with Crippen molar-refractivity contribution in [1.29, 1.82) is 0 Å². The van der Waals surface area contributed by atoms with Gasteiger partial charge < -0.3 is 5.11 Å². The van der Waals surface area contributed by atoms with Gasteiger partial charge in [0.2, 0.25) is 0 Å². The lowest BCUT2D eigenvalue weighted by Crippen LogP contribution is -2.43. The third-order valence-corrected chi connectivity index (χ3v) is 2.10. The second kappa shape index (κ2) is 3.47. The molecule has 0 amide bonds. The van der Waals surface area contributed by atoms with Gasteiger partial charge in [-0.1, -0.05) is 6.92 Å². The molecule has 0 heterocycles. The number of Topliss-reactive ketones (excluding diaryl/α,β-unsaturated/α-hetero) is 2. The molecule has 0 aliphatic carbocycles. The number of ketones is 2. The fourth-order valence-corrected chi connectivity index (χ4v) is 1.20. The Morgan fingerprint density at radius 3 is 1.50 bits per heavy atom. The predicted molar refractivity (Wildman–Crippen MR) is 41.7 cm³/mol. The monoisotopic (exact) mass is 172 g/mol. The van der Waals surface area contributed by atoms with Crippen LogP contribution in [0.15, 0.2) is 0 Å². The van der Waals surface area contributed by atoms with Gasteiger partial charge in [0, 0.05) is 0 Å². The molecule has 4 nitrogen and oxygen atoms in total. The summed E-state index contributed by atoms with van der Waals surface area (Å²) in [5.74, 6) is -2.57. The van der Waals surface area contributed by atoms with E-state index in [0.717, 1.165) is 13.8 Å². The van der Waals surface area contributed by atoms with E-state index in [1.165, 1.54) is 6.92 Å². The van der Waals surface area contributed by atoms with E-state index in [4.69, 9.17) is 5.11 Å². The highest BCUT2D eigenvalue weighted by atomic mass is 16.4. The van der Waals surface area contributed by atoms with Gasteiger partial charge in [0.15, 0.2) is 17.0 Å². The standard InChI is InChI=1S/C8H12O4/c1-4-8(5(2)9,6(3)10)7(11)12/h4H2,1-3H3,(H,11,12). The second-order valence-corrected chi connectivity index (χ2v) is 2.68. The summed E-state index contributed by atoms with van der Waals surface area (Å²) in [5.41, 5.74) is -1.82. The summed E-state index contributed by atoms with van der Waals surface area (Å²) in [7, 11) is 0. The molecule has 0 rings (SSSR count). The molecule has 12 heavy (non-hydrogen) atoms. The molecule has 0 aliphatic heterocycles. The summed E-state index contributed by atoms with van der Waals surface area (Å²) in [4.78, 5) is 32.7. The van der Waals surface area contributed by atoms with Gasteiger partial charge in [-0.25, -0.2) is 0 Å². The minimum Gasteiger partial charge on any atom is -0.480 e. The van der Waals surface area contributed by atoms with E-state index >= 15 is 0 Å². The Kier molecular flexibility index (Phi) is 3.13. The van der Waals surface area contributed by atoms with Gasteiger partial charge in [0.1, 0.15) is 0 Å². The van der Waals surface area contributed by atoms with E-state index in [9.17, 15) is 14.4 Å². The molecule has 0 fully saturated rings. The molecule has 0 unspecified atom stereocenters. The van der Waals surface area contributed by atoms with Crippen molar-refractivity contribution in [3.05, 3.63) is 0 Å². The lowest BCUT2D eigenvalue weighted by atomic mass is 9.78. The maximum Gasteiger partial charge on any atom is 0.324 e.